The van der Waals surface area contributed by atoms with E-state index < -0.39 is 0 Å². The summed E-state index contributed by atoms with van der Waals surface area (Å²) in [4.78, 5) is 18.1. The largest absolute Gasteiger partial charge is 0.357 e. The number of hydrogen-bond donors (Lipinski definition) is 2. The normalized spacial score (nSPS) is 14.3. The molecule has 26 heavy (non-hydrogen) atoms. The third-order valence-electron chi connectivity index (χ3n) is 4.22. The maximum atomic E-state index is 11.6. The number of nitrogens with zero attached hydrogens (tertiary/aromatic N) is 2. The van der Waals surface area contributed by atoms with Crippen LogP contribution in [0.5, 0.6) is 0 Å². The van der Waals surface area contributed by atoms with Gasteiger partial charge in [0, 0.05) is 44.2 Å². The molecule has 1 amide bonds. The van der Waals surface area contributed by atoms with Crippen molar-refractivity contribution in [3.63, 3.8) is 0 Å². The number of benzene rings is 1. The van der Waals surface area contributed by atoms with Gasteiger partial charge < -0.3 is 15.5 Å². The monoisotopic (exact) mass is 492 g/mol. The van der Waals surface area contributed by atoms with Gasteiger partial charge in [-0.3, -0.25) is 9.79 Å². The van der Waals surface area contributed by atoms with Crippen molar-refractivity contribution < 1.29 is 4.79 Å². The van der Waals surface area contributed by atoms with Crippen LogP contribution < -0.4 is 10.6 Å². The van der Waals surface area contributed by atoms with Gasteiger partial charge in [0.15, 0.2) is 5.96 Å². The summed E-state index contributed by atoms with van der Waals surface area (Å²) < 4.78 is 0. The smallest absolute Gasteiger partial charge is 0.222 e. The van der Waals surface area contributed by atoms with Gasteiger partial charge in [-0.2, -0.15) is 0 Å². The van der Waals surface area contributed by atoms with Crippen LogP contribution in [-0.2, 0) is 11.2 Å². The molecule has 0 atom stereocenters. The van der Waals surface area contributed by atoms with Gasteiger partial charge in [-0.15, -0.1) is 24.0 Å². The molecule has 1 saturated heterocycles. The minimum Gasteiger partial charge on any atom is -0.357 e. The van der Waals surface area contributed by atoms with Gasteiger partial charge >= 0.3 is 0 Å². The lowest BCUT2D eigenvalue weighted by atomic mass is 10.1. The van der Waals surface area contributed by atoms with Crippen LogP contribution in [0.3, 0.4) is 0 Å². The van der Waals surface area contributed by atoms with E-state index >= 15 is 0 Å². The SMILES string of the molecule is CCNC(=NCCCN1CCCC1=O)NCCCc1ccc(Cl)cc1.I. The molecule has 146 valence electrons. The van der Waals surface area contributed by atoms with Crippen LogP contribution in [-0.4, -0.2) is 49.5 Å². The molecule has 1 aliphatic heterocycles. The Morgan fingerprint density at radius 3 is 2.65 bits per heavy atom. The fourth-order valence-corrected chi connectivity index (χ4v) is 3.01. The van der Waals surface area contributed by atoms with Crippen LogP contribution in [0.15, 0.2) is 29.3 Å². The molecule has 2 rings (SSSR count). The molecule has 0 bridgehead atoms. The van der Waals surface area contributed by atoms with Crippen molar-refractivity contribution in [1.82, 2.24) is 15.5 Å². The van der Waals surface area contributed by atoms with Crippen molar-refractivity contribution in [1.29, 1.82) is 0 Å². The van der Waals surface area contributed by atoms with Crippen molar-refractivity contribution in [3.8, 4) is 0 Å². The van der Waals surface area contributed by atoms with E-state index in [4.69, 9.17) is 11.6 Å². The van der Waals surface area contributed by atoms with E-state index in [0.29, 0.717) is 6.42 Å². The summed E-state index contributed by atoms with van der Waals surface area (Å²) in [5.74, 6) is 1.14. The lowest BCUT2D eigenvalue weighted by Crippen LogP contribution is -2.38. The van der Waals surface area contributed by atoms with E-state index in [1.165, 1.54) is 5.56 Å². The molecule has 1 fully saturated rings. The van der Waals surface area contributed by atoms with E-state index in [1.807, 2.05) is 17.0 Å². The first kappa shape index (κ1) is 23.0. The Hall–Kier alpha value is -1.02. The Labute approximate surface area is 179 Å². The molecule has 0 spiro atoms. The number of rotatable bonds is 9. The summed E-state index contributed by atoms with van der Waals surface area (Å²) in [5.41, 5.74) is 1.29. The second-order valence-electron chi connectivity index (χ2n) is 6.26. The number of halogens is 2. The molecule has 0 aliphatic carbocycles. The highest BCUT2D eigenvalue weighted by molar-refractivity contribution is 14.0. The summed E-state index contributed by atoms with van der Waals surface area (Å²) in [6, 6.07) is 8.00. The van der Waals surface area contributed by atoms with Gasteiger partial charge in [0.2, 0.25) is 5.91 Å². The Bertz CT molecular complexity index is 565. The number of guanidine groups is 1. The van der Waals surface area contributed by atoms with Gasteiger partial charge in [-0.25, -0.2) is 0 Å². The number of carbonyl (C=O) groups excluding carboxylic acids is 1. The first-order valence-corrected chi connectivity index (χ1v) is 9.61. The fraction of sp³-hybridized carbons (Fsp3) is 0.579. The number of aryl methyl sites for hydroxylation is 1. The summed E-state index contributed by atoms with van der Waals surface area (Å²) in [5, 5.41) is 7.42. The summed E-state index contributed by atoms with van der Waals surface area (Å²) >= 11 is 5.90. The topological polar surface area (TPSA) is 56.7 Å². The Morgan fingerprint density at radius 2 is 2.00 bits per heavy atom. The number of carbonyl (C=O) groups is 1. The van der Waals surface area contributed by atoms with Crippen molar-refractivity contribution >= 4 is 47.4 Å². The molecule has 0 aromatic heterocycles. The molecule has 1 aromatic rings. The minimum absolute atomic E-state index is 0. The Kier molecular flexibility index (Phi) is 11.7. The fourth-order valence-electron chi connectivity index (χ4n) is 2.89. The second-order valence-corrected chi connectivity index (χ2v) is 6.69. The zero-order valence-corrected chi connectivity index (χ0v) is 18.6. The van der Waals surface area contributed by atoms with Crippen molar-refractivity contribution in [3.05, 3.63) is 34.9 Å². The maximum absolute atomic E-state index is 11.6. The Balaban J connectivity index is 0.00000338. The highest BCUT2D eigenvalue weighted by Crippen LogP contribution is 2.11. The number of nitrogens with one attached hydrogen (secondary N) is 2. The van der Waals surface area contributed by atoms with Crippen molar-refractivity contribution in [2.75, 3.05) is 32.7 Å². The summed E-state index contributed by atoms with van der Waals surface area (Å²) in [7, 11) is 0. The van der Waals surface area contributed by atoms with Crippen LogP contribution in [0, 0.1) is 0 Å². The van der Waals surface area contributed by atoms with Crippen LogP contribution in [0.1, 0.15) is 38.2 Å². The molecular formula is C19H30ClIN4O. The van der Waals surface area contributed by atoms with Gasteiger partial charge in [0.1, 0.15) is 0 Å². The average Bonchev–Trinajstić information content (AvgIpc) is 3.02. The minimum atomic E-state index is 0. The predicted octanol–water partition coefficient (Wildman–Crippen LogP) is 3.46. The van der Waals surface area contributed by atoms with Gasteiger partial charge in [-0.05, 0) is 50.3 Å². The van der Waals surface area contributed by atoms with Gasteiger partial charge in [0.25, 0.3) is 0 Å². The van der Waals surface area contributed by atoms with Gasteiger partial charge in [-0.1, -0.05) is 23.7 Å². The standard InChI is InChI=1S/C19H29ClN4O.HI/c1-2-21-19(23-13-5-15-24-14-4-7-18(24)25)22-12-3-6-16-8-10-17(20)11-9-16;/h8-11H,2-7,12-15H2,1H3,(H2,21,22,23);1H. The lowest BCUT2D eigenvalue weighted by molar-refractivity contribution is -0.127. The third-order valence-corrected chi connectivity index (χ3v) is 4.47. The Morgan fingerprint density at radius 1 is 1.23 bits per heavy atom. The molecule has 0 radical (unpaired) electrons. The molecule has 1 aromatic carbocycles. The number of hydrogen-bond acceptors (Lipinski definition) is 2. The predicted molar refractivity (Wildman–Crippen MR) is 120 cm³/mol. The molecular weight excluding hydrogens is 463 g/mol. The first-order valence-electron chi connectivity index (χ1n) is 9.23. The van der Waals surface area contributed by atoms with E-state index in [2.05, 4.69) is 34.7 Å². The molecule has 0 saturated carbocycles. The molecule has 1 aliphatic rings. The zero-order chi connectivity index (χ0) is 17.9. The molecule has 2 N–H and O–H groups in total. The lowest BCUT2D eigenvalue weighted by Gasteiger charge is -2.15. The molecule has 0 unspecified atom stereocenters. The maximum Gasteiger partial charge on any atom is 0.222 e. The van der Waals surface area contributed by atoms with E-state index in [0.717, 1.165) is 69.4 Å². The van der Waals surface area contributed by atoms with Gasteiger partial charge in [0.05, 0.1) is 0 Å². The second kappa shape index (κ2) is 13.2. The van der Waals surface area contributed by atoms with Crippen molar-refractivity contribution in [2.24, 2.45) is 4.99 Å². The highest BCUT2D eigenvalue weighted by atomic mass is 127. The third kappa shape index (κ3) is 8.58. The quantitative estimate of drug-likeness (QED) is 0.240. The van der Waals surface area contributed by atoms with E-state index in [-0.39, 0.29) is 29.9 Å². The average molecular weight is 493 g/mol. The van der Waals surface area contributed by atoms with Crippen LogP contribution >= 0.6 is 35.6 Å². The number of likely N-dealkylation sites (tertiary alicyclic amines) is 1. The van der Waals surface area contributed by atoms with Crippen LogP contribution in [0.2, 0.25) is 5.02 Å². The van der Waals surface area contributed by atoms with E-state index in [9.17, 15) is 4.79 Å². The number of amides is 1. The summed E-state index contributed by atoms with van der Waals surface area (Å²) in [6.45, 7) is 6.24. The van der Waals surface area contributed by atoms with E-state index in [1.54, 1.807) is 0 Å². The molecule has 1 heterocycles. The first-order chi connectivity index (χ1) is 12.2. The van der Waals surface area contributed by atoms with Crippen LogP contribution in [0.4, 0.5) is 0 Å². The highest BCUT2D eigenvalue weighted by Gasteiger charge is 2.18. The zero-order valence-electron chi connectivity index (χ0n) is 15.5. The number of aliphatic imine (C=N–C) groups is 1. The summed E-state index contributed by atoms with van der Waals surface area (Å²) in [6.07, 6.45) is 4.67. The molecule has 5 nitrogen and oxygen atoms in total. The van der Waals surface area contributed by atoms with Crippen molar-refractivity contribution in [2.45, 2.75) is 39.0 Å². The molecule has 7 heteroatoms. The van der Waals surface area contributed by atoms with Crippen LogP contribution in [0.25, 0.3) is 0 Å².